The summed E-state index contributed by atoms with van der Waals surface area (Å²) in [5, 5.41) is 8.29. The van der Waals surface area contributed by atoms with Gasteiger partial charge in [0.15, 0.2) is 5.78 Å². The Morgan fingerprint density at radius 1 is 1.75 bits per heavy atom. The summed E-state index contributed by atoms with van der Waals surface area (Å²) in [5.41, 5.74) is 0. The van der Waals surface area contributed by atoms with Gasteiger partial charge in [-0.05, 0) is 13.2 Å². The van der Waals surface area contributed by atoms with Crippen LogP contribution in [0.4, 0.5) is 0 Å². The normalized spacial score (nSPS) is 11.5. The highest BCUT2D eigenvalue weighted by atomic mass is 32.2. The van der Waals surface area contributed by atoms with Crippen LogP contribution in [0.15, 0.2) is 11.2 Å². The molecule has 46 valence electrons. The van der Waals surface area contributed by atoms with Crippen LogP contribution in [-0.4, -0.2) is 17.1 Å². The van der Waals surface area contributed by atoms with Crippen LogP contribution in [-0.2, 0) is 4.79 Å². The number of hydrogen-bond acceptors (Lipinski definition) is 3. The van der Waals surface area contributed by atoms with Gasteiger partial charge in [0.1, 0.15) is 0 Å². The van der Waals surface area contributed by atoms with Crippen LogP contribution in [0.3, 0.4) is 0 Å². The van der Waals surface area contributed by atoms with Crippen molar-refractivity contribution in [3.63, 3.8) is 0 Å². The fraction of sp³-hybridized carbons (Fsp3) is 0.400. The molecule has 0 aliphatic heterocycles. The second-order valence-corrected chi connectivity index (χ2v) is 2.10. The zero-order chi connectivity index (χ0) is 6.57. The van der Waals surface area contributed by atoms with Crippen molar-refractivity contribution in [2.45, 2.75) is 6.92 Å². The lowest BCUT2D eigenvalue weighted by molar-refractivity contribution is -0.113. The van der Waals surface area contributed by atoms with Crippen molar-refractivity contribution in [1.82, 2.24) is 0 Å². The number of carbonyl (C=O) groups is 1. The van der Waals surface area contributed by atoms with Crippen LogP contribution in [0.1, 0.15) is 6.92 Å². The van der Waals surface area contributed by atoms with Crippen molar-refractivity contribution in [3.05, 3.63) is 11.2 Å². The molecule has 8 heavy (non-hydrogen) atoms. The quantitative estimate of drug-likeness (QED) is 0.455. The Bertz CT molecular complexity index is 118. The van der Waals surface area contributed by atoms with Crippen LogP contribution in [0.5, 0.6) is 0 Å². The molecule has 0 saturated carbocycles. The monoisotopic (exact) mass is 132 g/mol. The molecule has 0 bridgehead atoms. The van der Waals surface area contributed by atoms with Crippen molar-refractivity contribution in [3.8, 4) is 0 Å². The molecule has 0 unspecified atom stereocenters. The van der Waals surface area contributed by atoms with Gasteiger partial charge in [0.25, 0.3) is 0 Å². The molecule has 0 heterocycles. The fourth-order valence-corrected chi connectivity index (χ4v) is 0.680. The molecular weight excluding hydrogens is 124 g/mol. The van der Waals surface area contributed by atoms with E-state index in [1.807, 2.05) is 0 Å². The molecule has 0 aromatic heterocycles. The van der Waals surface area contributed by atoms with E-state index in [-0.39, 0.29) is 5.78 Å². The van der Waals surface area contributed by atoms with Crippen LogP contribution >= 0.6 is 11.8 Å². The number of Topliss-reactive ketones (excluding diaryl/α,β-unsaturated/α-hetero) is 1. The molecule has 1 N–H and O–H groups in total. The minimum atomic E-state index is -0.0972. The van der Waals surface area contributed by atoms with Gasteiger partial charge in [0.2, 0.25) is 0 Å². The molecule has 0 radical (unpaired) electrons. The Balaban J connectivity index is 3.92. The van der Waals surface area contributed by atoms with Crippen molar-refractivity contribution >= 4 is 17.5 Å². The van der Waals surface area contributed by atoms with Crippen molar-refractivity contribution in [1.29, 1.82) is 0 Å². The minimum absolute atomic E-state index is 0.0972. The maximum atomic E-state index is 10.4. The first-order valence-electron chi connectivity index (χ1n) is 2.11. The Kier molecular flexibility index (Phi) is 3.35. The summed E-state index contributed by atoms with van der Waals surface area (Å²) in [6.07, 6.45) is 2.57. The van der Waals surface area contributed by atoms with E-state index in [4.69, 9.17) is 5.11 Å². The molecular formula is C5H8O2S. The summed E-state index contributed by atoms with van der Waals surface area (Å²) in [4.78, 5) is 10.8. The third-order valence-electron chi connectivity index (χ3n) is 0.684. The summed E-state index contributed by atoms with van der Waals surface area (Å²) in [7, 11) is 0. The molecule has 0 saturated heterocycles. The number of rotatable bonds is 2. The summed E-state index contributed by atoms with van der Waals surface area (Å²) < 4.78 is 0. The van der Waals surface area contributed by atoms with Gasteiger partial charge in [0, 0.05) is 0 Å². The van der Waals surface area contributed by atoms with Crippen LogP contribution in [0.25, 0.3) is 0 Å². The Hall–Kier alpha value is -0.440. The van der Waals surface area contributed by atoms with Crippen LogP contribution in [0.2, 0.25) is 0 Å². The lowest BCUT2D eigenvalue weighted by Gasteiger charge is -1.91. The van der Waals surface area contributed by atoms with Crippen molar-refractivity contribution < 1.29 is 9.90 Å². The first kappa shape index (κ1) is 7.56. The van der Waals surface area contributed by atoms with Gasteiger partial charge in [0.05, 0.1) is 11.2 Å². The SMILES string of the molecule is CS/C(=C/O)C(C)=O. The molecule has 0 amide bonds. The summed E-state index contributed by atoms with van der Waals surface area (Å²) in [6.45, 7) is 1.42. The van der Waals surface area contributed by atoms with E-state index in [1.165, 1.54) is 18.7 Å². The molecule has 0 aliphatic rings. The topological polar surface area (TPSA) is 37.3 Å². The van der Waals surface area contributed by atoms with E-state index in [0.717, 1.165) is 6.26 Å². The van der Waals surface area contributed by atoms with Gasteiger partial charge >= 0.3 is 0 Å². The van der Waals surface area contributed by atoms with E-state index >= 15 is 0 Å². The van der Waals surface area contributed by atoms with Gasteiger partial charge in [-0.15, -0.1) is 11.8 Å². The molecule has 0 aromatic rings. The Morgan fingerprint density at radius 3 is 2.25 bits per heavy atom. The standard InChI is InChI=1S/C5H8O2S/c1-4(7)5(3-6)8-2/h3,6H,1-2H3/b5-3+. The molecule has 0 rings (SSSR count). The van der Waals surface area contributed by atoms with Gasteiger partial charge in [-0.1, -0.05) is 0 Å². The zero-order valence-corrected chi connectivity index (χ0v) is 5.66. The Morgan fingerprint density at radius 2 is 2.25 bits per heavy atom. The van der Waals surface area contributed by atoms with E-state index in [9.17, 15) is 4.79 Å². The predicted octanol–water partition coefficient (Wildman–Crippen LogP) is 1.34. The van der Waals surface area contributed by atoms with E-state index in [2.05, 4.69) is 0 Å². The molecule has 3 heteroatoms. The van der Waals surface area contributed by atoms with Gasteiger partial charge in [-0.3, -0.25) is 4.79 Å². The number of thioether (sulfide) groups is 1. The lowest BCUT2D eigenvalue weighted by Crippen LogP contribution is -1.89. The van der Waals surface area contributed by atoms with Crippen LogP contribution < -0.4 is 0 Å². The summed E-state index contributed by atoms with van der Waals surface area (Å²) in [5.74, 6) is -0.0972. The number of aliphatic hydroxyl groups is 1. The Labute approximate surface area is 52.6 Å². The number of allylic oxidation sites excluding steroid dienone is 1. The third-order valence-corrected chi connectivity index (χ3v) is 1.52. The summed E-state index contributed by atoms with van der Waals surface area (Å²) in [6, 6.07) is 0. The fourth-order valence-electron chi connectivity index (χ4n) is 0.287. The number of ketones is 1. The molecule has 0 atom stereocenters. The maximum absolute atomic E-state index is 10.4. The van der Waals surface area contributed by atoms with Crippen molar-refractivity contribution in [2.24, 2.45) is 0 Å². The van der Waals surface area contributed by atoms with Gasteiger partial charge < -0.3 is 5.11 Å². The molecule has 0 spiro atoms. The van der Waals surface area contributed by atoms with E-state index in [1.54, 1.807) is 6.26 Å². The van der Waals surface area contributed by atoms with E-state index in [0.29, 0.717) is 4.91 Å². The first-order chi connectivity index (χ1) is 3.72. The number of carbonyl (C=O) groups excluding carboxylic acids is 1. The molecule has 0 aliphatic carbocycles. The third kappa shape index (κ3) is 2.02. The average molecular weight is 132 g/mol. The summed E-state index contributed by atoms with van der Waals surface area (Å²) >= 11 is 1.24. The van der Waals surface area contributed by atoms with Crippen LogP contribution in [0, 0.1) is 0 Å². The highest BCUT2D eigenvalue weighted by Gasteiger charge is 1.98. The molecule has 0 aromatic carbocycles. The highest BCUT2D eigenvalue weighted by molar-refractivity contribution is 8.03. The number of hydrogen-bond donors (Lipinski definition) is 1. The predicted molar refractivity (Wildman–Crippen MR) is 34.9 cm³/mol. The first-order valence-corrected chi connectivity index (χ1v) is 3.34. The second kappa shape index (κ2) is 3.55. The average Bonchev–Trinajstić information content (AvgIpc) is 1.69. The molecule has 2 nitrogen and oxygen atoms in total. The smallest absolute Gasteiger partial charge is 0.169 e. The largest absolute Gasteiger partial charge is 0.514 e. The number of aliphatic hydroxyl groups excluding tert-OH is 1. The van der Waals surface area contributed by atoms with Crippen molar-refractivity contribution in [2.75, 3.05) is 6.26 Å². The van der Waals surface area contributed by atoms with Gasteiger partial charge in [-0.2, -0.15) is 0 Å². The lowest BCUT2D eigenvalue weighted by atomic mass is 10.4. The highest BCUT2D eigenvalue weighted by Crippen LogP contribution is 2.09. The maximum Gasteiger partial charge on any atom is 0.169 e. The van der Waals surface area contributed by atoms with E-state index < -0.39 is 0 Å². The second-order valence-electron chi connectivity index (χ2n) is 1.25. The minimum Gasteiger partial charge on any atom is -0.514 e. The zero-order valence-electron chi connectivity index (χ0n) is 4.84. The molecule has 0 fully saturated rings. The van der Waals surface area contributed by atoms with Gasteiger partial charge in [-0.25, -0.2) is 0 Å².